The summed E-state index contributed by atoms with van der Waals surface area (Å²) in [4.78, 5) is 84.2. The van der Waals surface area contributed by atoms with Gasteiger partial charge in [0.2, 0.25) is 23.6 Å². The number of nitrogens with zero attached hydrogens (tertiary/aromatic N) is 2. The van der Waals surface area contributed by atoms with Crippen LogP contribution in [-0.4, -0.2) is 88.0 Å². The fourth-order valence-corrected chi connectivity index (χ4v) is 7.52. The maximum Gasteiger partial charge on any atom is 0.410 e. The molecule has 4 N–H and O–H groups in total. The second kappa shape index (κ2) is 17.1. The van der Waals surface area contributed by atoms with E-state index >= 15 is 0 Å². The number of alkyl carbamates (subject to hydrolysis) is 1. The molecule has 2 aromatic rings. The molecular weight excluding hydrogens is 723 g/mol. The van der Waals surface area contributed by atoms with Crippen LogP contribution < -0.4 is 21.3 Å². The van der Waals surface area contributed by atoms with Gasteiger partial charge >= 0.3 is 12.2 Å². The topological polar surface area (TPSA) is 175 Å². The summed E-state index contributed by atoms with van der Waals surface area (Å²) in [5.41, 5.74) is -0.243. The quantitative estimate of drug-likeness (QED) is 0.306. The number of hydrogen-bond acceptors (Lipinski definition) is 8. The van der Waals surface area contributed by atoms with Crippen molar-refractivity contribution in [1.82, 2.24) is 31.1 Å². The maximum atomic E-state index is 14.5. The Morgan fingerprint density at radius 3 is 2.52 bits per heavy atom. The van der Waals surface area contributed by atoms with Gasteiger partial charge in [-0.2, -0.15) is 0 Å². The zero-order valence-electron chi connectivity index (χ0n) is 32.1. The average Bonchev–Trinajstić information content (AvgIpc) is 3.44. The van der Waals surface area contributed by atoms with Crippen LogP contribution in [0.15, 0.2) is 60.7 Å². The minimum absolute atomic E-state index is 0.0127. The number of fused-ring (bicyclic) bond motifs is 3. The number of amides is 6. The number of halogens is 1. The van der Waals surface area contributed by atoms with Crippen LogP contribution in [0.4, 0.5) is 14.0 Å². The van der Waals surface area contributed by atoms with Gasteiger partial charge in [0, 0.05) is 31.0 Å². The van der Waals surface area contributed by atoms with Crippen LogP contribution in [0.25, 0.3) is 0 Å². The van der Waals surface area contributed by atoms with Crippen LogP contribution in [0, 0.1) is 11.7 Å². The fraction of sp³-hybridized carbons (Fsp3) is 0.512. The Balaban J connectivity index is 1.20. The largest absolute Gasteiger partial charge is 0.444 e. The molecule has 3 aliphatic heterocycles. The average molecular weight is 775 g/mol. The van der Waals surface area contributed by atoms with Gasteiger partial charge in [-0.3, -0.25) is 24.1 Å². The number of ether oxygens (including phenoxy) is 2. The van der Waals surface area contributed by atoms with E-state index in [0.29, 0.717) is 24.0 Å². The number of nitrogens with one attached hydrogen (secondary N) is 4. The molecular formula is C41H51FN6O8. The Morgan fingerprint density at radius 1 is 0.982 bits per heavy atom. The molecule has 56 heavy (non-hydrogen) atoms. The lowest BCUT2D eigenvalue weighted by Crippen LogP contribution is -2.58. The fourth-order valence-electron chi connectivity index (χ4n) is 7.52. The molecule has 15 heteroatoms. The highest BCUT2D eigenvalue weighted by atomic mass is 19.1. The SMILES string of the molecule is CC(C)(C)OC(=O)N[C@H]1CCCCC/C=C\[C@@H]2C[C@@]2(C(=O)NCC(=O)NCc2ccccc2)NC(=O)[C@@H]2C[C@@H](OC(=O)N3Cc4cccc(F)c4C3)CN2C1=O. The van der Waals surface area contributed by atoms with Gasteiger partial charge in [-0.05, 0) is 63.6 Å². The first-order valence-electron chi connectivity index (χ1n) is 19.3. The molecule has 1 saturated heterocycles. The van der Waals surface area contributed by atoms with Crippen molar-refractivity contribution in [1.29, 1.82) is 0 Å². The highest BCUT2D eigenvalue weighted by Crippen LogP contribution is 2.45. The first kappa shape index (κ1) is 40.2. The lowest BCUT2D eigenvalue weighted by molar-refractivity contribution is -0.141. The summed E-state index contributed by atoms with van der Waals surface area (Å²) in [6.07, 6.45) is 4.75. The highest BCUT2D eigenvalue weighted by Gasteiger charge is 2.61. The van der Waals surface area contributed by atoms with E-state index in [1.807, 2.05) is 42.5 Å². The van der Waals surface area contributed by atoms with Crippen LogP contribution in [0.2, 0.25) is 0 Å². The van der Waals surface area contributed by atoms with Crippen molar-refractivity contribution in [2.45, 2.75) is 115 Å². The smallest absolute Gasteiger partial charge is 0.410 e. The van der Waals surface area contributed by atoms with Gasteiger partial charge in [0.05, 0.1) is 19.6 Å². The summed E-state index contributed by atoms with van der Waals surface area (Å²) in [6, 6.07) is 11.8. The molecule has 2 aromatic carbocycles. The van der Waals surface area contributed by atoms with Gasteiger partial charge in [0.25, 0.3) is 0 Å². The van der Waals surface area contributed by atoms with E-state index in [4.69, 9.17) is 9.47 Å². The maximum absolute atomic E-state index is 14.5. The summed E-state index contributed by atoms with van der Waals surface area (Å²) in [7, 11) is 0. The summed E-state index contributed by atoms with van der Waals surface area (Å²) in [6.45, 7) is 5.09. The Hall–Kier alpha value is -5.47. The standard InChI is InChI=1S/C41H51FN6O8/c1-40(2,3)56-38(53)45-32-18-11-6-4-5-10-16-28-20-41(28,37(52)44-22-34(49)43-21-26-13-8-7-9-14-26)46-35(50)33-19-29(24-48(33)36(32)51)55-39(54)47-23-27-15-12-17-31(42)30(27)25-47/h7-10,12-17,28-29,32-33H,4-6,11,18-25H2,1-3H3,(H,43,49)(H,44,52)(H,45,53)(H,46,50)/b16-10-/t28-,29-,32+,33+,41-/m1/s1. The number of allylic oxidation sites excluding steroid dienone is 1. The van der Waals surface area contributed by atoms with Crippen molar-refractivity contribution in [2.24, 2.45) is 5.92 Å². The number of rotatable bonds is 7. The molecule has 2 fully saturated rings. The van der Waals surface area contributed by atoms with E-state index in [-0.39, 0.29) is 57.9 Å². The predicted molar refractivity (Wildman–Crippen MR) is 202 cm³/mol. The van der Waals surface area contributed by atoms with Crippen molar-refractivity contribution in [3.8, 4) is 0 Å². The minimum Gasteiger partial charge on any atom is -0.444 e. The van der Waals surface area contributed by atoms with Gasteiger partial charge in [0.15, 0.2) is 0 Å². The lowest BCUT2D eigenvalue weighted by atomic mass is 10.0. The van der Waals surface area contributed by atoms with E-state index in [9.17, 15) is 33.2 Å². The molecule has 14 nitrogen and oxygen atoms in total. The zero-order chi connectivity index (χ0) is 40.0. The molecule has 4 aliphatic rings. The second-order valence-electron chi connectivity index (χ2n) is 16.0. The number of carbonyl (C=O) groups excluding carboxylic acids is 6. The molecule has 6 amide bonds. The predicted octanol–water partition coefficient (Wildman–Crippen LogP) is 3.97. The normalized spacial score (nSPS) is 25.6. The zero-order valence-corrected chi connectivity index (χ0v) is 32.1. The van der Waals surface area contributed by atoms with E-state index in [0.717, 1.165) is 18.4 Å². The Morgan fingerprint density at radius 2 is 1.77 bits per heavy atom. The number of benzene rings is 2. The van der Waals surface area contributed by atoms with Crippen LogP contribution in [0.1, 0.15) is 82.4 Å². The summed E-state index contributed by atoms with van der Waals surface area (Å²) >= 11 is 0. The third-order valence-electron chi connectivity index (χ3n) is 10.5. The Kier molecular flexibility index (Phi) is 12.3. The van der Waals surface area contributed by atoms with Crippen molar-refractivity contribution in [2.75, 3.05) is 13.1 Å². The third-order valence-corrected chi connectivity index (χ3v) is 10.5. The van der Waals surface area contributed by atoms with Gasteiger partial charge in [-0.15, -0.1) is 0 Å². The Bertz CT molecular complexity index is 1850. The third kappa shape index (κ3) is 9.84. The number of hydrogen-bond donors (Lipinski definition) is 4. The highest BCUT2D eigenvalue weighted by molar-refractivity contribution is 5.99. The minimum atomic E-state index is -1.38. The molecule has 0 aromatic heterocycles. The number of carbonyl (C=O) groups is 6. The van der Waals surface area contributed by atoms with E-state index in [2.05, 4.69) is 21.3 Å². The monoisotopic (exact) mass is 774 g/mol. The van der Waals surface area contributed by atoms with Gasteiger partial charge in [0.1, 0.15) is 35.1 Å². The van der Waals surface area contributed by atoms with Crippen LogP contribution in [0.3, 0.4) is 0 Å². The lowest BCUT2D eigenvalue weighted by Gasteiger charge is -2.30. The van der Waals surface area contributed by atoms with Crippen molar-refractivity contribution in [3.63, 3.8) is 0 Å². The second-order valence-corrected chi connectivity index (χ2v) is 16.0. The molecule has 1 aliphatic carbocycles. The first-order valence-corrected chi connectivity index (χ1v) is 19.3. The molecule has 0 spiro atoms. The summed E-state index contributed by atoms with van der Waals surface area (Å²) < 4.78 is 25.8. The van der Waals surface area contributed by atoms with Gasteiger partial charge in [-0.25, -0.2) is 14.0 Å². The van der Waals surface area contributed by atoms with E-state index in [1.54, 1.807) is 32.9 Å². The summed E-state index contributed by atoms with van der Waals surface area (Å²) in [5.74, 6) is -2.92. The molecule has 0 radical (unpaired) electrons. The molecule has 5 atom stereocenters. The van der Waals surface area contributed by atoms with Gasteiger partial charge in [-0.1, -0.05) is 67.5 Å². The van der Waals surface area contributed by atoms with Crippen LogP contribution >= 0.6 is 0 Å². The molecule has 300 valence electrons. The molecule has 6 rings (SSSR count). The van der Waals surface area contributed by atoms with Gasteiger partial charge < -0.3 is 35.6 Å². The van der Waals surface area contributed by atoms with Crippen LogP contribution in [0.5, 0.6) is 0 Å². The van der Waals surface area contributed by atoms with Crippen LogP contribution in [-0.2, 0) is 48.3 Å². The molecule has 0 unspecified atom stereocenters. The van der Waals surface area contributed by atoms with Crippen molar-refractivity contribution < 1.29 is 42.6 Å². The Labute approximate surface area is 325 Å². The first-order chi connectivity index (χ1) is 26.7. The van der Waals surface area contributed by atoms with Crippen molar-refractivity contribution in [3.05, 3.63) is 83.2 Å². The molecule has 1 saturated carbocycles. The van der Waals surface area contributed by atoms with E-state index in [1.165, 1.54) is 15.9 Å². The molecule has 0 bridgehead atoms. The van der Waals surface area contributed by atoms with Crippen molar-refractivity contribution >= 4 is 35.8 Å². The summed E-state index contributed by atoms with van der Waals surface area (Å²) in [5, 5.41) is 11.1. The molecule has 3 heterocycles. The van der Waals surface area contributed by atoms with E-state index < -0.39 is 71.0 Å².